The molecule has 0 radical (unpaired) electrons. The van der Waals surface area contributed by atoms with Crippen LogP contribution in [0.3, 0.4) is 0 Å². The Hall–Kier alpha value is -1.78. The van der Waals surface area contributed by atoms with Gasteiger partial charge in [0.1, 0.15) is 18.1 Å². The summed E-state index contributed by atoms with van der Waals surface area (Å²) in [7, 11) is 0. The van der Waals surface area contributed by atoms with Gasteiger partial charge in [0.25, 0.3) is 0 Å². The van der Waals surface area contributed by atoms with E-state index in [1.807, 2.05) is 0 Å². The van der Waals surface area contributed by atoms with Gasteiger partial charge in [-0.25, -0.2) is 8.78 Å². The standard InChI is InChI=1S/C13H14F2O3/c1-3-18-12(17)7-11(16)8(2)13-9(14)5-4-6-10(13)15/h4-6,8H,3,7H2,1-2H3/t8-/m1/s1. The van der Waals surface area contributed by atoms with Gasteiger partial charge in [0.05, 0.1) is 6.61 Å². The molecule has 1 aromatic rings. The Morgan fingerprint density at radius 3 is 2.33 bits per heavy atom. The highest BCUT2D eigenvalue weighted by atomic mass is 19.1. The van der Waals surface area contributed by atoms with E-state index in [1.165, 1.54) is 13.0 Å². The van der Waals surface area contributed by atoms with Crippen LogP contribution in [0.5, 0.6) is 0 Å². The first-order valence-electron chi connectivity index (χ1n) is 5.59. The Balaban J connectivity index is 2.84. The number of carbonyl (C=O) groups excluding carboxylic acids is 2. The summed E-state index contributed by atoms with van der Waals surface area (Å²) in [5.41, 5.74) is -0.313. The maximum atomic E-state index is 13.4. The van der Waals surface area contributed by atoms with Crippen LogP contribution >= 0.6 is 0 Å². The molecule has 0 saturated heterocycles. The van der Waals surface area contributed by atoms with Crippen LogP contribution in [0.1, 0.15) is 31.7 Å². The fraction of sp³-hybridized carbons (Fsp3) is 0.385. The summed E-state index contributed by atoms with van der Waals surface area (Å²) in [4.78, 5) is 22.8. The minimum absolute atomic E-state index is 0.161. The molecule has 0 N–H and O–H groups in total. The third kappa shape index (κ3) is 3.35. The second kappa shape index (κ2) is 6.23. The first-order chi connectivity index (χ1) is 8.47. The second-order valence-corrected chi connectivity index (χ2v) is 3.81. The molecule has 0 aliphatic heterocycles. The van der Waals surface area contributed by atoms with Gasteiger partial charge in [-0.15, -0.1) is 0 Å². The monoisotopic (exact) mass is 256 g/mol. The number of halogens is 2. The van der Waals surface area contributed by atoms with Gasteiger partial charge >= 0.3 is 5.97 Å². The van der Waals surface area contributed by atoms with E-state index >= 15 is 0 Å². The second-order valence-electron chi connectivity index (χ2n) is 3.81. The number of hydrogen-bond acceptors (Lipinski definition) is 3. The molecule has 0 amide bonds. The van der Waals surface area contributed by atoms with Gasteiger partial charge in [0.15, 0.2) is 5.78 Å². The molecule has 0 heterocycles. The molecule has 0 fully saturated rings. The lowest BCUT2D eigenvalue weighted by atomic mass is 9.94. The quantitative estimate of drug-likeness (QED) is 0.600. The number of Topliss-reactive ketones (excluding diaryl/α,β-unsaturated/α-hetero) is 1. The molecular weight excluding hydrogens is 242 g/mol. The molecule has 0 spiro atoms. The van der Waals surface area contributed by atoms with Crippen molar-refractivity contribution >= 4 is 11.8 Å². The fourth-order valence-electron chi connectivity index (χ4n) is 1.59. The average Bonchev–Trinajstić information content (AvgIpc) is 2.28. The van der Waals surface area contributed by atoms with E-state index in [0.29, 0.717) is 0 Å². The zero-order valence-corrected chi connectivity index (χ0v) is 10.2. The van der Waals surface area contributed by atoms with Crippen molar-refractivity contribution in [2.24, 2.45) is 0 Å². The van der Waals surface area contributed by atoms with Crippen molar-refractivity contribution in [1.29, 1.82) is 0 Å². The fourth-order valence-corrected chi connectivity index (χ4v) is 1.59. The van der Waals surface area contributed by atoms with Gasteiger partial charge in [0.2, 0.25) is 0 Å². The molecule has 0 aromatic heterocycles. The summed E-state index contributed by atoms with van der Waals surface area (Å²) >= 11 is 0. The van der Waals surface area contributed by atoms with Gasteiger partial charge in [-0.3, -0.25) is 9.59 Å². The van der Waals surface area contributed by atoms with E-state index in [1.54, 1.807) is 6.92 Å². The number of carbonyl (C=O) groups is 2. The van der Waals surface area contributed by atoms with Gasteiger partial charge in [0, 0.05) is 11.5 Å². The van der Waals surface area contributed by atoms with Gasteiger partial charge in [-0.2, -0.15) is 0 Å². The lowest BCUT2D eigenvalue weighted by Gasteiger charge is -2.12. The minimum Gasteiger partial charge on any atom is -0.466 e. The SMILES string of the molecule is CCOC(=O)CC(=O)[C@@H](C)c1c(F)cccc1F. The molecule has 5 heteroatoms. The van der Waals surface area contributed by atoms with Crippen LogP contribution in [0.25, 0.3) is 0 Å². The predicted octanol–water partition coefficient (Wildman–Crippen LogP) is 2.59. The van der Waals surface area contributed by atoms with Crippen LogP contribution in [0.2, 0.25) is 0 Å². The van der Waals surface area contributed by atoms with Crippen LogP contribution < -0.4 is 0 Å². The smallest absolute Gasteiger partial charge is 0.313 e. The first-order valence-corrected chi connectivity index (χ1v) is 5.59. The van der Waals surface area contributed by atoms with Gasteiger partial charge in [-0.05, 0) is 19.1 Å². The average molecular weight is 256 g/mol. The molecule has 0 unspecified atom stereocenters. The lowest BCUT2D eigenvalue weighted by molar-refractivity contribution is -0.145. The first kappa shape index (κ1) is 14.3. The number of ketones is 1. The molecule has 3 nitrogen and oxygen atoms in total. The molecule has 1 aromatic carbocycles. The van der Waals surface area contributed by atoms with Crippen LogP contribution in [0.15, 0.2) is 18.2 Å². The zero-order chi connectivity index (χ0) is 13.7. The summed E-state index contributed by atoms with van der Waals surface area (Å²) in [6, 6.07) is 3.37. The molecular formula is C13H14F2O3. The maximum Gasteiger partial charge on any atom is 0.313 e. The lowest BCUT2D eigenvalue weighted by Crippen LogP contribution is -2.18. The summed E-state index contributed by atoms with van der Waals surface area (Å²) in [5, 5.41) is 0. The normalized spacial score (nSPS) is 12.0. The van der Waals surface area contributed by atoms with Crippen LogP contribution in [0.4, 0.5) is 8.78 Å². The van der Waals surface area contributed by atoms with Crippen LogP contribution in [-0.2, 0) is 14.3 Å². The Labute approximate surface area is 104 Å². The van der Waals surface area contributed by atoms with E-state index in [0.717, 1.165) is 12.1 Å². The number of rotatable bonds is 5. The highest BCUT2D eigenvalue weighted by Crippen LogP contribution is 2.24. The maximum absolute atomic E-state index is 13.4. The number of ether oxygens (including phenoxy) is 1. The molecule has 1 atom stereocenters. The largest absolute Gasteiger partial charge is 0.466 e. The van der Waals surface area contributed by atoms with Crippen molar-refractivity contribution in [2.45, 2.75) is 26.2 Å². The van der Waals surface area contributed by atoms with Gasteiger partial charge in [-0.1, -0.05) is 13.0 Å². The van der Waals surface area contributed by atoms with Crippen molar-refractivity contribution in [3.8, 4) is 0 Å². The van der Waals surface area contributed by atoms with E-state index < -0.39 is 35.7 Å². The Kier molecular flexibility index (Phi) is 4.95. The summed E-state index contributed by atoms with van der Waals surface area (Å²) < 4.78 is 31.5. The third-order valence-corrected chi connectivity index (χ3v) is 2.54. The Morgan fingerprint density at radius 1 is 1.28 bits per heavy atom. The Bertz CT molecular complexity index is 437. The van der Waals surface area contributed by atoms with E-state index in [9.17, 15) is 18.4 Å². The summed E-state index contributed by atoms with van der Waals surface area (Å²) in [6.07, 6.45) is -0.483. The highest BCUT2D eigenvalue weighted by Gasteiger charge is 2.24. The topological polar surface area (TPSA) is 43.4 Å². The van der Waals surface area contributed by atoms with Gasteiger partial charge < -0.3 is 4.74 Å². The number of esters is 1. The third-order valence-electron chi connectivity index (χ3n) is 2.54. The molecule has 0 bridgehead atoms. The van der Waals surface area contributed by atoms with Crippen molar-refractivity contribution in [1.82, 2.24) is 0 Å². The zero-order valence-electron chi connectivity index (χ0n) is 10.2. The van der Waals surface area contributed by atoms with Crippen molar-refractivity contribution < 1.29 is 23.1 Å². The summed E-state index contributed by atoms with van der Waals surface area (Å²) in [5.74, 6) is -3.86. The van der Waals surface area contributed by atoms with E-state index in [-0.39, 0.29) is 12.2 Å². The summed E-state index contributed by atoms with van der Waals surface area (Å²) in [6.45, 7) is 3.14. The highest BCUT2D eigenvalue weighted by molar-refractivity contribution is 5.99. The predicted molar refractivity (Wildman–Crippen MR) is 61.0 cm³/mol. The molecule has 1 rings (SSSR count). The van der Waals surface area contributed by atoms with Crippen molar-refractivity contribution in [3.05, 3.63) is 35.4 Å². The van der Waals surface area contributed by atoms with E-state index in [2.05, 4.69) is 4.74 Å². The molecule has 98 valence electrons. The van der Waals surface area contributed by atoms with Crippen molar-refractivity contribution in [2.75, 3.05) is 6.61 Å². The Morgan fingerprint density at radius 2 is 1.83 bits per heavy atom. The molecule has 0 aliphatic carbocycles. The molecule has 18 heavy (non-hydrogen) atoms. The van der Waals surface area contributed by atoms with Crippen LogP contribution in [-0.4, -0.2) is 18.4 Å². The minimum atomic E-state index is -1.02. The number of benzene rings is 1. The number of hydrogen-bond donors (Lipinski definition) is 0. The van der Waals surface area contributed by atoms with Crippen molar-refractivity contribution in [3.63, 3.8) is 0 Å². The van der Waals surface area contributed by atoms with Crippen LogP contribution in [0, 0.1) is 11.6 Å². The molecule has 0 saturated carbocycles. The van der Waals surface area contributed by atoms with E-state index in [4.69, 9.17) is 0 Å². The molecule has 0 aliphatic rings.